The molecule has 3 aliphatic rings. The maximum Gasteiger partial charge on any atom is 0.328 e. The predicted octanol–water partition coefficient (Wildman–Crippen LogP) is 3.89. The van der Waals surface area contributed by atoms with E-state index in [1.165, 1.54) is 22.4 Å². The quantitative estimate of drug-likeness (QED) is 0.654. The minimum atomic E-state index is -0.709. The van der Waals surface area contributed by atoms with Crippen LogP contribution in [0.5, 0.6) is 0 Å². The van der Waals surface area contributed by atoms with Crippen LogP contribution in [0.4, 0.5) is 4.79 Å². The van der Waals surface area contributed by atoms with Gasteiger partial charge in [-0.1, -0.05) is 44.2 Å². The highest BCUT2D eigenvalue weighted by Crippen LogP contribution is 2.39. The monoisotopic (exact) mass is 446 g/mol. The molecule has 2 aromatic rings. The number of urea groups is 1. The van der Waals surface area contributed by atoms with Gasteiger partial charge in [-0.2, -0.15) is 0 Å². The highest BCUT2D eigenvalue weighted by atomic mass is 16.2. The first-order chi connectivity index (χ1) is 16.0. The number of likely N-dealkylation sites (tertiary alicyclic amines) is 1. The maximum absolute atomic E-state index is 13.8. The minimum absolute atomic E-state index is 0.0348. The number of imide groups is 1. The number of aryl methyl sites for hydroxylation is 1. The van der Waals surface area contributed by atoms with Crippen LogP contribution < -0.4 is 0 Å². The van der Waals surface area contributed by atoms with Crippen molar-refractivity contribution in [2.75, 3.05) is 19.6 Å². The lowest BCUT2D eigenvalue weighted by atomic mass is 9.82. The molecule has 2 fully saturated rings. The zero-order valence-corrected chi connectivity index (χ0v) is 19.7. The summed E-state index contributed by atoms with van der Waals surface area (Å²) in [4.78, 5) is 37.4. The van der Waals surface area contributed by atoms with Crippen molar-refractivity contribution in [2.24, 2.45) is 5.92 Å². The summed E-state index contributed by atoms with van der Waals surface area (Å²) in [7, 11) is 0. The van der Waals surface area contributed by atoms with E-state index in [9.17, 15) is 9.59 Å². The third-order valence-corrected chi connectivity index (χ3v) is 7.68. The molecule has 1 aromatic heterocycles. The van der Waals surface area contributed by atoms with E-state index in [2.05, 4.69) is 48.0 Å². The van der Waals surface area contributed by atoms with Gasteiger partial charge in [0.05, 0.1) is 12.2 Å². The van der Waals surface area contributed by atoms with Gasteiger partial charge in [0.2, 0.25) is 0 Å². The molecule has 6 nitrogen and oxygen atoms in total. The van der Waals surface area contributed by atoms with Crippen molar-refractivity contribution in [3.8, 4) is 0 Å². The van der Waals surface area contributed by atoms with E-state index < -0.39 is 5.54 Å². The third kappa shape index (κ3) is 4.05. The topological polar surface area (TPSA) is 56.8 Å². The SMILES string of the molecule is CC(C)CN1C(=O)N(Cc2ccccn2)C(=O)C12CCN([C@@H]1CCc3ccccc3C1)CC2. The Bertz CT molecular complexity index is 1010. The minimum Gasteiger partial charge on any atom is -0.309 e. The van der Waals surface area contributed by atoms with Crippen LogP contribution in [0.15, 0.2) is 48.7 Å². The lowest BCUT2D eigenvalue weighted by Crippen LogP contribution is -2.59. The molecule has 0 saturated carbocycles. The van der Waals surface area contributed by atoms with Gasteiger partial charge in [-0.3, -0.25) is 19.6 Å². The number of piperidine rings is 1. The molecule has 3 amide bonds. The van der Waals surface area contributed by atoms with E-state index in [4.69, 9.17) is 0 Å². The average Bonchev–Trinajstić information content (AvgIpc) is 3.01. The van der Waals surface area contributed by atoms with Crippen LogP contribution in [0.1, 0.15) is 49.9 Å². The first-order valence-corrected chi connectivity index (χ1v) is 12.3. The highest BCUT2D eigenvalue weighted by Gasteiger charge is 2.58. The largest absolute Gasteiger partial charge is 0.328 e. The Morgan fingerprint density at radius 3 is 2.45 bits per heavy atom. The summed E-state index contributed by atoms with van der Waals surface area (Å²) in [5.74, 6) is 0.272. The maximum atomic E-state index is 13.8. The first-order valence-electron chi connectivity index (χ1n) is 12.3. The molecule has 6 heteroatoms. The second-order valence-electron chi connectivity index (χ2n) is 10.2. The zero-order chi connectivity index (χ0) is 23.0. The molecule has 2 saturated heterocycles. The van der Waals surface area contributed by atoms with E-state index in [-0.39, 0.29) is 18.5 Å². The number of rotatable bonds is 5. The molecule has 1 aliphatic carbocycles. The Morgan fingerprint density at radius 1 is 1.03 bits per heavy atom. The standard InChI is InChI=1S/C27H34N4O2/c1-20(2)18-31-26(33)30(19-23-9-5-6-14-28-23)25(32)27(31)12-15-29(16-13-27)24-11-10-21-7-3-4-8-22(21)17-24/h3-9,14,20,24H,10-13,15-19H2,1-2H3/t24-/m1/s1. The molecular formula is C27H34N4O2. The van der Waals surface area contributed by atoms with Crippen molar-refractivity contribution < 1.29 is 9.59 Å². The molecule has 0 unspecified atom stereocenters. The lowest BCUT2D eigenvalue weighted by molar-refractivity contribution is -0.136. The van der Waals surface area contributed by atoms with Gasteiger partial charge in [-0.25, -0.2) is 4.79 Å². The Morgan fingerprint density at radius 2 is 1.76 bits per heavy atom. The molecular weight excluding hydrogens is 412 g/mol. The van der Waals surface area contributed by atoms with Gasteiger partial charge in [0.1, 0.15) is 5.54 Å². The molecule has 0 radical (unpaired) electrons. The second-order valence-corrected chi connectivity index (χ2v) is 10.2. The highest BCUT2D eigenvalue weighted by molar-refractivity contribution is 6.07. The van der Waals surface area contributed by atoms with E-state index in [0.717, 1.165) is 31.6 Å². The van der Waals surface area contributed by atoms with E-state index in [0.29, 0.717) is 31.3 Å². The van der Waals surface area contributed by atoms with Gasteiger partial charge in [-0.15, -0.1) is 0 Å². The Hall–Kier alpha value is -2.73. The molecule has 5 rings (SSSR count). The van der Waals surface area contributed by atoms with Gasteiger partial charge in [0.25, 0.3) is 5.91 Å². The molecule has 1 spiro atoms. The number of fused-ring (bicyclic) bond motifs is 1. The Balaban J connectivity index is 1.33. The lowest BCUT2D eigenvalue weighted by Gasteiger charge is -2.46. The van der Waals surface area contributed by atoms with Gasteiger partial charge in [0.15, 0.2) is 0 Å². The molecule has 3 heterocycles. The fourth-order valence-electron chi connectivity index (χ4n) is 5.93. The van der Waals surface area contributed by atoms with Gasteiger partial charge >= 0.3 is 6.03 Å². The van der Waals surface area contributed by atoms with E-state index in [1.807, 2.05) is 23.1 Å². The summed E-state index contributed by atoms with van der Waals surface area (Å²) < 4.78 is 0. The second kappa shape index (κ2) is 8.90. The van der Waals surface area contributed by atoms with Crippen molar-refractivity contribution in [1.82, 2.24) is 19.7 Å². The van der Waals surface area contributed by atoms with Gasteiger partial charge in [-0.05, 0) is 61.3 Å². The molecule has 174 valence electrons. The number of nitrogens with zero attached hydrogens (tertiary/aromatic N) is 4. The van der Waals surface area contributed by atoms with Crippen molar-refractivity contribution >= 4 is 11.9 Å². The smallest absolute Gasteiger partial charge is 0.309 e. The Kier molecular flexibility index (Phi) is 5.95. The molecule has 1 aromatic carbocycles. The molecule has 0 bridgehead atoms. The Labute approximate surface area is 196 Å². The summed E-state index contributed by atoms with van der Waals surface area (Å²) in [6.07, 6.45) is 6.50. The van der Waals surface area contributed by atoms with Crippen LogP contribution in [0.25, 0.3) is 0 Å². The zero-order valence-electron chi connectivity index (χ0n) is 19.7. The molecule has 1 atom stereocenters. The van der Waals surface area contributed by atoms with Crippen molar-refractivity contribution in [2.45, 2.75) is 64.1 Å². The fourth-order valence-corrected chi connectivity index (χ4v) is 5.93. The van der Waals surface area contributed by atoms with Crippen LogP contribution in [-0.2, 0) is 24.2 Å². The van der Waals surface area contributed by atoms with Crippen LogP contribution >= 0.6 is 0 Å². The van der Waals surface area contributed by atoms with Crippen LogP contribution in [0, 0.1) is 5.92 Å². The van der Waals surface area contributed by atoms with Crippen molar-refractivity contribution in [1.29, 1.82) is 0 Å². The average molecular weight is 447 g/mol. The van der Waals surface area contributed by atoms with Crippen molar-refractivity contribution in [3.05, 3.63) is 65.5 Å². The van der Waals surface area contributed by atoms with Crippen molar-refractivity contribution in [3.63, 3.8) is 0 Å². The van der Waals surface area contributed by atoms with Gasteiger partial charge in [0, 0.05) is 31.9 Å². The van der Waals surface area contributed by atoms with Crippen LogP contribution in [0.3, 0.4) is 0 Å². The summed E-state index contributed by atoms with van der Waals surface area (Å²) in [6, 6.07) is 14.8. The number of carbonyl (C=O) groups is 2. The predicted molar refractivity (Wildman–Crippen MR) is 128 cm³/mol. The number of pyridine rings is 1. The number of benzene rings is 1. The number of hydrogen-bond acceptors (Lipinski definition) is 4. The third-order valence-electron chi connectivity index (χ3n) is 7.68. The fraction of sp³-hybridized carbons (Fsp3) is 0.519. The number of amides is 3. The normalized spacial score (nSPS) is 22.9. The molecule has 33 heavy (non-hydrogen) atoms. The van der Waals surface area contributed by atoms with Gasteiger partial charge < -0.3 is 4.90 Å². The summed E-state index contributed by atoms with van der Waals surface area (Å²) in [6.45, 7) is 6.80. The summed E-state index contributed by atoms with van der Waals surface area (Å²) in [5, 5.41) is 0. The molecule has 2 aliphatic heterocycles. The van der Waals surface area contributed by atoms with Crippen LogP contribution in [0.2, 0.25) is 0 Å². The number of carbonyl (C=O) groups excluding carboxylic acids is 2. The molecule has 0 N–H and O–H groups in total. The van der Waals surface area contributed by atoms with E-state index >= 15 is 0 Å². The van der Waals surface area contributed by atoms with E-state index in [1.54, 1.807) is 6.20 Å². The number of hydrogen-bond donors (Lipinski definition) is 0. The number of aromatic nitrogens is 1. The summed E-state index contributed by atoms with van der Waals surface area (Å²) in [5.41, 5.74) is 2.98. The summed E-state index contributed by atoms with van der Waals surface area (Å²) >= 11 is 0. The van der Waals surface area contributed by atoms with Crippen LogP contribution in [-0.4, -0.2) is 62.8 Å². The first kappa shape index (κ1) is 22.1.